The molecule has 1 unspecified atom stereocenters. The molecule has 1 saturated heterocycles. The number of amides is 2. The first kappa shape index (κ1) is 16.4. The second-order valence-corrected chi connectivity index (χ2v) is 7.89. The van der Waals surface area contributed by atoms with Crippen LogP contribution < -0.4 is 10.6 Å². The molecule has 9 heteroatoms. The molecule has 0 spiro atoms. The van der Waals surface area contributed by atoms with Gasteiger partial charge in [0.1, 0.15) is 0 Å². The summed E-state index contributed by atoms with van der Waals surface area (Å²) in [6.07, 6.45) is 0.541. The van der Waals surface area contributed by atoms with Crippen LogP contribution in [-0.4, -0.2) is 57.7 Å². The van der Waals surface area contributed by atoms with Crippen molar-refractivity contribution in [3.05, 3.63) is 16.1 Å². The van der Waals surface area contributed by atoms with Gasteiger partial charge in [-0.15, -0.1) is 11.3 Å². The van der Waals surface area contributed by atoms with Gasteiger partial charge in [0.15, 0.2) is 5.69 Å². The Labute approximate surface area is 135 Å². The Morgan fingerprint density at radius 2 is 2.24 bits per heavy atom. The minimum absolute atomic E-state index is 0.0614. The largest absolute Gasteiger partial charge is 0.476 e. The van der Waals surface area contributed by atoms with Gasteiger partial charge in [-0.2, -0.15) is 23.5 Å². The molecule has 0 aromatic carbocycles. The summed E-state index contributed by atoms with van der Waals surface area (Å²) in [6, 6.07) is -0.179. The standard InChI is InChI=1S/C12H17N3O3S3/c16-11(17)9-7-21-10(15-9)1-2-13-12(18)14-5-8-6-19-3-4-20-8/h7-8H,1-6H2,(H,16,17)(H2,13,14,18). The topological polar surface area (TPSA) is 91.3 Å². The minimum Gasteiger partial charge on any atom is -0.476 e. The number of hydrogen-bond donors (Lipinski definition) is 3. The van der Waals surface area contributed by atoms with Crippen LogP contribution >= 0.6 is 34.9 Å². The molecule has 0 aliphatic carbocycles. The fourth-order valence-electron chi connectivity index (χ4n) is 1.73. The average Bonchev–Trinajstić information content (AvgIpc) is 2.95. The number of hydrogen-bond acceptors (Lipinski definition) is 6. The van der Waals surface area contributed by atoms with Gasteiger partial charge in [0.25, 0.3) is 0 Å². The third-order valence-corrected chi connectivity index (χ3v) is 6.52. The number of carboxylic acid groups (broad SMARTS) is 1. The predicted molar refractivity (Wildman–Crippen MR) is 87.7 cm³/mol. The summed E-state index contributed by atoms with van der Waals surface area (Å²) < 4.78 is 0. The fourth-order valence-corrected chi connectivity index (χ4v) is 5.11. The van der Waals surface area contributed by atoms with E-state index >= 15 is 0 Å². The maximum atomic E-state index is 11.6. The number of thioether (sulfide) groups is 2. The molecule has 0 radical (unpaired) electrons. The van der Waals surface area contributed by atoms with Crippen molar-refractivity contribution in [2.75, 3.05) is 30.3 Å². The van der Waals surface area contributed by atoms with E-state index in [4.69, 9.17) is 5.11 Å². The maximum Gasteiger partial charge on any atom is 0.355 e. The number of thiazole rings is 1. The molecule has 2 heterocycles. The Hall–Kier alpha value is -0.930. The third kappa shape index (κ3) is 5.76. The van der Waals surface area contributed by atoms with Crippen LogP contribution in [0.2, 0.25) is 0 Å². The number of urea groups is 1. The van der Waals surface area contributed by atoms with Crippen LogP contribution in [-0.2, 0) is 6.42 Å². The molecule has 1 aliphatic rings. The highest BCUT2D eigenvalue weighted by molar-refractivity contribution is 8.06. The summed E-state index contributed by atoms with van der Waals surface area (Å²) in [5.74, 6) is 2.40. The Bertz CT molecular complexity index is 489. The van der Waals surface area contributed by atoms with Crippen LogP contribution in [0.4, 0.5) is 4.79 Å². The van der Waals surface area contributed by atoms with Crippen LogP contribution in [0.5, 0.6) is 0 Å². The van der Waals surface area contributed by atoms with Gasteiger partial charge < -0.3 is 15.7 Å². The van der Waals surface area contributed by atoms with Crippen molar-refractivity contribution in [2.24, 2.45) is 0 Å². The van der Waals surface area contributed by atoms with Crippen LogP contribution in [0, 0.1) is 0 Å². The lowest BCUT2D eigenvalue weighted by molar-refractivity contribution is 0.0691. The molecule has 0 bridgehead atoms. The van der Waals surface area contributed by atoms with Gasteiger partial charge in [-0.25, -0.2) is 14.6 Å². The fraction of sp³-hybridized carbons (Fsp3) is 0.583. The van der Waals surface area contributed by atoms with E-state index in [0.717, 1.165) is 11.5 Å². The number of carboxylic acids is 1. The van der Waals surface area contributed by atoms with E-state index in [9.17, 15) is 9.59 Å². The lowest BCUT2D eigenvalue weighted by atomic mass is 10.4. The molecule has 3 N–H and O–H groups in total. The van der Waals surface area contributed by atoms with E-state index in [-0.39, 0.29) is 11.7 Å². The Morgan fingerprint density at radius 1 is 1.38 bits per heavy atom. The molecule has 2 amide bonds. The first-order valence-corrected chi connectivity index (χ1v) is 9.62. The molecule has 0 saturated carbocycles. The van der Waals surface area contributed by atoms with Gasteiger partial charge in [0, 0.05) is 47.4 Å². The molecule has 2 rings (SSSR count). The molecule has 1 fully saturated rings. The van der Waals surface area contributed by atoms with Crippen molar-refractivity contribution in [3.8, 4) is 0 Å². The zero-order valence-electron chi connectivity index (χ0n) is 11.3. The Balaban J connectivity index is 1.61. The summed E-state index contributed by atoms with van der Waals surface area (Å²) >= 11 is 5.13. The highest BCUT2D eigenvalue weighted by Gasteiger charge is 2.15. The van der Waals surface area contributed by atoms with Gasteiger partial charge in [0.05, 0.1) is 5.01 Å². The SMILES string of the molecule is O=C(NCCc1nc(C(=O)O)cs1)NCC1CSCCS1. The number of carbonyl (C=O) groups is 2. The van der Waals surface area contributed by atoms with E-state index in [1.54, 1.807) is 0 Å². The second-order valence-electron chi connectivity index (χ2n) is 4.39. The first-order valence-electron chi connectivity index (χ1n) is 6.54. The van der Waals surface area contributed by atoms with Gasteiger partial charge in [-0.05, 0) is 0 Å². The van der Waals surface area contributed by atoms with Crippen molar-refractivity contribution >= 4 is 46.9 Å². The quantitative estimate of drug-likeness (QED) is 0.723. The van der Waals surface area contributed by atoms with Crippen molar-refractivity contribution in [3.63, 3.8) is 0 Å². The third-order valence-electron chi connectivity index (χ3n) is 2.77. The molecule has 1 aromatic rings. The van der Waals surface area contributed by atoms with Gasteiger partial charge in [0.2, 0.25) is 0 Å². The second kappa shape index (κ2) is 8.50. The molecule has 1 aromatic heterocycles. The molecule has 21 heavy (non-hydrogen) atoms. The molecule has 6 nitrogen and oxygen atoms in total. The zero-order chi connectivity index (χ0) is 15.1. The predicted octanol–water partition coefficient (Wildman–Crippen LogP) is 1.53. The molecular weight excluding hydrogens is 330 g/mol. The maximum absolute atomic E-state index is 11.6. The van der Waals surface area contributed by atoms with Crippen LogP contribution in [0.1, 0.15) is 15.5 Å². The van der Waals surface area contributed by atoms with Crippen LogP contribution in [0.15, 0.2) is 5.38 Å². The smallest absolute Gasteiger partial charge is 0.355 e. The highest BCUT2D eigenvalue weighted by atomic mass is 32.2. The lowest BCUT2D eigenvalue weighted by Gasteiger charge is -2.21. The lowest BCUT2D eigenvalue weighted by Crippen LogP contribution is -2.40. The summed E-state index contributed by atoms with van der Waals surface area (Å²) in [4.78, 5) is 26.3. The first-order chi connectivity index (χ1) is 10.1. The Morgan fingerprint density at radius 3 is 2.90 bits per heavy atom. The Kier molecular flexibility index (Phi) is 6.65. The molecule has 1 atom stereocenters. The number of nitrogens with zero attached hydrogens (tertiary/aromatic N) is 1. The van der Waals surface area contributed by atoms with Gasteiger partial charge in [-0.3, -0.25) is 0 Å². The monoisotopic (exact) mass is 347 g/mol. The highest BCUT2D eigenvalue weighted by Crippen LogP contribution is 2.23. The van der Waals surface area contributed by atoms with Gasteiger partial charge >= 0.3 is 12.0 Å². The summed E-state index contributed by atoms with van der Waals surface area (Å²) in [5.41, 5.74) is 0.0614. The summed E-state index contributed by atoms with van der Waals surface area (Å²) in [7, 11) is 0. The van der Waals surface area contributed by atoms with Crippen molar-refractivity contribution in [1.29, 1.82) is 0 Å². The zero-order valence-corrected chi connectivity index (χ0v) is 13.8. The van der Waals surface area contributed by atoms with E-state index in [0.29, 0.717) is 29.8 Å². The molecule has 116 valence electrons. The number of nitrogens with one attached hydrogen (secondary N) is 2. The summed E-state index contributed by atoms with van der Waals surface area (Å²) in [5, 5.41) is 17.1. The number of aromatic carboxylic acids is 1. The minimum atomic E-state index is -1.02. The van der Waals surface area contributed by atoms with E-state index < -0.39 is 5.97 Å². The summed E-state index contributed by atoms with van der Waals surface area (Å²) in [6.45, 7) is 1.13. The van der Waals surface area contributed by atoms with E-state index in [1.807, 2.05) is 23.5 Å². The van der Waals surface area contributed by atoms with Crippen molar-refractivity contribution in [1.82, 2.24) is 15.6 Å². The van der Waals surface area contributed by atoms with E-state index in [2.05, 4.69) is 15.6 Å². The molecule has 1 aliphatic heterocycles. The molecular formula is C12H17N3O3S3. The average molecular weight is 347 g/mol. The number of carbonyl (C=O) groups excluding carboxylic acids is 1. The van der Waals surface area contributed by atoms with Crippen LogP contribution in [0.3, 0.4) is 0 Å². The van der Waals surface area contributed by atoms with Crippen molar-refractivity contribution < 1.29 is 14.7 Å². The van der Waals surface area contributed by atoms with Crippen LogP contribution in [0.25, 0.3) is 0 Å². The van der Waals surface area contributed by atoms with E-state index in [1.165, 1.54) is 22.5 Å². The van der Waals surface area contributed by atoms with Crippen molar-refractivity contribution in [2.45, 2.75) is 11.7 Å². The number of aromatic nitrogens is 1. The van der Waals surface area contributed by atoms with Gasteiger partial charge in [-0.1, -0.05) is 0 Å². The normalized spacial score (nSPS) is 18.2. The number of rotatable bonds is 6.